The van der Waals surface area contributed by atoms with Crippen LogP contribution in [0.25, 0.3) is 11.1 Å². The summed E-state index contributed by atoms with van der Waals surface area (Å²) in [6.45, 7) is 1.47. The Labute approximate surface area is 211 Å². The van der Waals surface area contributed by atoms with Crippen molar-refractivity contribution in [1.82, 2.24) is 10.6 Å². The van der Waals surface area contributed by atoms with Gasteiger partial charge in [0.25, 0.3) is 0 Å². The maximum absolute atomic E-state index is 13.0. The van der Waals surface area contributed by atoms with Crippen LogP contribution in [0, 0.1) is 5.92 Å². The minimum absolute atomic E-state index is 0.0406. The number of hydrogen-bond donors (Lipinski definition) is 4. The first-order chi connectivity index (χ1) is 17.3. The number of aliphatic carboxylic acids is 2. The molecule has 0 heterocycles. The minimum Gasteiger partial charge on any atom is -0.481 e. The fourth-order valence-corrected chi connectivity index (χ4v) is 3.87. The van der Waals surface area contributed by atoms with Crippen molar-refractivity contribution in [1.29, 1.82) is 0 Å². The number of benzene rings is 3. The number of amides is 1. The van der Waals surface area contributed by atoms with Gasteiger partial charge in [-0.1, -0.05) is 91.9 Å². The van der Waals surface area contributed by atoms with Crippen LogP contribution in [0.2, 0.25) is 0 Å². The molecule has 3 atom stereocenters. The molecule has 4 N–H and O–H groups in total. The molecule has 0 unspecified atom stereocenters. The number of hydrogen-bond acceptors (Lipinski definition) is 4. The van der Waals surface area contributed by atoms with E-state index in [1.54, 1.807) is 0 Å². The predicted molar refractivity (Wildman–Crippen MR) is 139 cm³/mol. The minimum atomic E-state index is -1.04. The summed E-state index contributed by atoms with van der Waals surface area (Å²) in [6, 6.07) is 25.5. The Hall–Kier alpha value is -3.97. The van der Waals surface area contributed by atoms with Crippen LogP contribution in [0.15, 0.2) is 84.9 Å². The van der Waals surface area contributed by atoms with Gasteiger partial charge in [0.2, 0.25) is 5.91 Å². The monoisotopic (exact) mass is 488 g/mol. The zero-order valence-corrected chi connectivity index (χ0v) is 20.3. The molecule has 0 fully saturated rings. The van der Waals surface area contributed by atoms with Crippen molar-refractivity contribution in [3.05, 3.63) is 96.1 Å². The Morgan fingerprint density at radius 3 is 1.89 bits per heavy atom. The second-order valence-corrected chi connectivity index (χ2v) is 8.89. The van der Waals surface area contributed by atoms with Gasteiger partial charge < -0.3 is 15.5 Å². The zero-order chi connectivity index (χ0) is 25.9. The molecule has 36 heavy (non-hydrogen) atoms. The van der Waals surface area contributed by atoms with Crippen LogP contribution in [-0.2, 0) is 27.2 Å². The Balaban J connectivity index is 1.74. The molecule has 7 heteroatoms. The van der Waals surface area contributed by atoms with E-state index >= 15 is 0 Å². The summed E-state index contributed by atoms with van der Waals surface area (Å²) in [5, 5.41) is 24.6. The quantitative estimate of drug-likeness (QED) is 0.291. The van der Waals surface area contributed by atoms with Gasteiger partial charge in [0, 0.05) is 6.54 Å². The number of carboxylic acid groups (broad SMARTS) is 2. The molecule has 0 aliphatic carbocycles. The van der Waals surface area contributed by atoms with Crippen molar-refractivity contribution in [2.45, 2.75) is 38.3 Å². The van der Waals surface area contributed by atoms with Gasteiger partial charge in [-0.2, -0.15) is 0 Å². The SMILES string of the molecule is C[C@@H](CNC(=O)[C@H](Cc1ccc(-c2ccccc2)cc1)N[C@@H](CCc1ccccc1)C(=O)O)C(=O)O. The van der Waals surface area contributed by atoms with E-state index in [-0.39, 0.29) is 13.0 Å². The molecule has 1 amide bonds. The molecule has 0 radical (unpaired) electrons. The molecule has 188 valence electrons. The third kappa shape index (κ3) is 8.06. The van der Waals surface area contributed by atoms with Crippen LogP contribution in [-0.4, -0.2) is 46.7 Å². The fourth-order valence-electron chi connectivity index (χ4n) is 3.87. The van der Waals surface area contributed by atoms with Crippen LogP contribution >= 0.6 is 0 Å². The first-order valence-corrected chi connectivity index (χ1v) is 12.0. The van der Waals surface area contributed by atoms with Gasteiger partial charge in [-0.15, -0.1) is 0 Å². The van der Waals surface area contributed by atoms with Crippen LogP contribution < -0.4 is 10.6 Å². The predicted octanol–water partition coefficient (Wildman–Crippen LogP) is 3.78. The molecule has 0 aliphatic rings. The molecule has 0 saturated heterocycles. The fraction of sp³-hybridized carbons (Fsp3) is 0.276. The highest BCUT2D eigenvalue weighted by atomic mass is 16.4. The standard InChI is InChI=1S/C29H32N2O5/c1-20(28(33)34)19-30-27(32)26(31-25(29(35)36)17-14-21-8-4-2-5-9-21)18-22-12-15-24(16-13-22)23-10-6-3-7-11-23/h2-13,15-16,20,25-26,31H,14,17-19H2,1H3,(H,30,32)(H,33,34)(H,35,36)/t20-,25-,26-/m0/s1. The summed E-state index contributed by atoms with van der Waals surface area (Å²) in [5.41, 5.74) is 3.99. The lowest BCUT2D eigenvalue weighted by molar-refractivity contribution is -0.141. The molecular formula is C29H32N2O5. The molecule has 0 saturated carbocycles. The van der Waals surface area contributed by atoms with Crippen LogP contribution in [0.5, 0.6) is 0 Å². The highest BCUT2D eigenvalue weighted by Crippen LogP contribution is 2.20. The first kappa shape index (κ1) is 26.6. The number of carbonyl (C=O) groups is 3. The maximum Gasteiger partial charge on any atom is 0.320 e. The van der Waals surface area contributed by atoms with E-state index in [4.69, 9.17) is 5.11 Å². The van der Waals surface area contributed by atoms with Gasteiger partial charge in [-0.25, -0.2) is 0 Å². The highest BCUT2D eigenvalue weighted by Gasteiger charge is 2.27. The third-order valence-electron chi connectivity index (χ3n) is 6.09. The van der Waals surface area contributed by atoms with Gasteiger partial charge in [-0.3, -0.25) is 19.7 Å². The van der Waals surface area contributed by atoms with Crippen molar-refractivity contribution in [2.24, 2.45) is 5.92 Å². The van der Waals surface area contributed by atoms with Gasteiger partial charge in [-0.05, 0) is 41.5 Å². The molecule has 0 bridgehead atoms. The van der Waals surface area contributed by atoms with Crippen molar-refractivity contribution >= 4 is 17.8 Å². The summed E-state index contributed by atoms with van der Waals surface area (Å²) in [5.74, 6) is -3.24. The molecule has 0 spiro atoms. The molecule has 7 nitrogen and oxygen atoms in total. The summed E-state index contributed by atoms with van der Waals surface area (Å²) in [6.07, 6.45) is 1.11. The van der Waals surface area contributed by atoms with Gasteiger partial charge >= 0.3 is 11.9 Å². The molecule has 0 aliphatic heterocycles. The van der Waals surface area contributed by atoms with Crippen molar-refractivity contribution in [3.8, 4) is 11.1 Å². The molecule has 0 aromatic heterocycles. The Bertz CT molecular complexity index is 1130. The lowest BCUT2D eigenvalue weighted by Crippen LogP contribution is -2.52. The lowest BCUT2D eigenvalue weighted by atomic mass is 9.98. The van der Waals surface area contributed by atoms with Gasteiger partial charge in [0.15, 0.2) is 0 Å². The normalized spacial score (nSPS) is 13.4. The summed E-state index contributed by atoms with van der Waals surface area (Å²) in [4.78, 5) is 36.2. The number of nitrogens with one attached hydrogen (secondary N) is 2. The first-order valence-electron chi connectivity index (χ1n) is 12.0. The Kier molecular flexibility index (Phi) is 9.77. The van der Waals surface area contributed by atoms with Gasteiger partial charge in [0.1, 0.15) is 6.04 Å². The van der Waals surface area contributed by atoms with E-state index in [1.807, 2.05) is 84.9 Å². The van der Waals surface area contributed by atoms with Crippen molar-refractivity contribution in [2.75, 3.05) is 6.54 Å². The van der Waals surface area contributed by atoms with Crippen LogP contribution in [0.4, 0.5) is 0 Å². The highest BCUT2D eigenvalue weighted by molar-refractivity contribution is 5.84. The second-order valence-electron chi connectivity index (χ2n) is 8.89. The van der Waals surface area contributed by atoms with E-state index in [1.165, 1.54) is 6.92 Å². The average Bonchev–Trinajstić information content (AvgIpc) is 2.90. The molecule has 3 rings (SSSR count). The summed E-state index contributed by atoms with van der Waals surface area (Å²) < 4.78 is 0. The number of rotatable bonds is 13. The largest absolute Gasteiger partial charge is 0.481 e. The molecular weight excluding hydrogens is 456 g/mol. The van der Waals surface area contributed by atoms with Crippen LogP contribution in [0.3, 0.4) is 0 Å². The van der Waals surface area contributed by atoms with Crippen LogP contribution in [0.1, 0.15) is 24.5 Å². The van der Waals surface area contributed by atoms with Crippen molar-refractivity contribution < 1.29 is 24.6 Å². The smallest absolute Gasteiger partial charge is 0.320 e. The topological polar surface area (TPSA) is 116 Å². The number of aryl methyl sites for hydroxylation is 1. The second kappa shape index (κ2) is 13.2. The zero-order valence-electron chi connectivity index (χ0n) is 20.3. The van der Waals surface area contributed by atoms with Crippen molar-refractivity contribution in [3.63, 3.8) is 0 Å². The number of carbonyl (C=O) groups excluding carboxylic acids is 1. The Morgan fingerprint density at radius 2 is 1.31 bits per heavy atom. The Morgan fingerprint density at radius 1 is 0.722 bits per heavy atom. The van der Waals surface area contributed by atoms with E-state index in [2.05, 4.69) is 10.6 Å². The number of carboxylic acids is 2. The third-order valence-corrected chi connectivity index (χ3v) is 6.09. The average molecular weight is 489 g/mol. The lowest BCUT2D eigenvalue weighted by Gasteiger charge is -2.24. The van der Waals surface area contributed by atoms with Gasteiger partial charge in [0.05, 0.1) is 12.0 Å². The summed E-state index contributed by atoms with van der Waals surface area (Å²) >= 11 is 0. The van der Waals surface area contributed by atoms with E-state index in [0.29, 0.717) is 12.8 Å². The van der Waals surface area contributed by atoms with E-state index < -0.39 is 35.8 Å². The maximum atomic E-state index is 13.0. The molecule has 3 aromatic rings. The van der Waals surface area contributed by atoms with E-state index in [0.717, 1.165) is 22.3 Å². The summed E-state index contributed by atoms with van der Waals surface area (Å²) in [7, 11) is 0. The molecule has 3 aromatic carbocycles. The van der Waals surface area contributed by atoms with E-state index in [9.17, 15) is 19.5 Å².